The van der Waals surface area contributed by atoms with Gasteiger partial charge in [0, 0.05) is 24.4 Å². The summed E-state index contributed by atoms with van der Waals surface area (Å²) in [5.41, 5.74) is 0.363. The molecule has 0 saturated carbocycles. The molecule has 1 aromatic rings. The number of benzene rings is 1. The summed E-state index contributed by atoms with van der Waals surface area (Å²) < 4.78 is 12.8. The van der Waals surface area contributed by atoms with Crippen LogP contribution in [-0.4, -0.2) is 29.7 Å². The molecule has 23 heavy (non-hydrogen) atoms. The van der Waals surface area contributed by atoms with E-state index in [1.165, 1.54) is 24.3 Å². The minimum atomic E-state index is -0.655. The Morgan fingerprint density at radius 2 is 1.65 bits per heavy atom. The molecular weight excluding hydrogens is 299 g/mol. The maximum atomic E-state index is 12.8. The summed E-state index contributed by atoms with van der Waals surface area (Å²) in [6.07, 6.45) is 0.799. The van der Waals surface area contributed by atoms with Gasteiger partial charge in [0.05, 0.1) is 0 Å². The highest BCUT2D eigenvalue weighted by molar-refractivity contribution is 5.98. The second kappa shape index (κ2) is 9.02. The lowest BCUT2D eigenvalue weighted by Crippen LogP contribution is -2.47. The second-order valence-corrected chi connectivity index (χ2v) is 5.54. The van der Waals surface area contributed by atoms with Gasteiger partial charge in [0.2, 0.25) is 11.8 Å². The first-order valence-electron chi connectivity index (χ1n) is 7.72. The van der Waals surface area contributed by atoms with Crippen molar-refractivity contribution < 1.29 is 18.8 Å². The topological polar surface area (TPSA) is 75.3 Å². The molecule has 2 amide bonds. The molecule has 1 rings (SSSR count). The van der Waals surface area contributed by atoms with Crippen molar-refractivity contribution in [3.8, 4) is 0 Å². The highest BCUT2D eigenvalue weighted by atomic mass is 19.1. The molecule has 126 valence electrons. The number of rotatable bonds is 8. The highest BCUT2D eigenvalue weighted by Gasteiger charge is 2.17. The summed E-state index contributed by atoms with van der Waals surface area (Å²) in [4.78, 5) is 35.5. The minimum absolute atomic E-state index is 0.0111. The molecule has 2 atom stereocenters. The van der Waals surface area contributed by atoms with E-state index < -0.39 is 11.9 Å². The highest BCUT2D eigenvalue weighted by Crippen LogP contribution is 2.07. The van der Waals surface area contributed by atoms with Gasteiger partial charge in [-0.3, -0.25) is 14.4 Å². The van der Waals surface area contributed by atoms with Crippen LogP contribution < -0.4 is 10.6 Å². The second-order valence-electron chi connectivity index (χ2n) is 5.54. The Hall–Kier alpha value is -2.24. The number of carbonyl (C=O) groups is 3. The number of hydrogen-bond acceptors (Lipinski definition) is 3. The summed E-state index contributed by atoms with van der Waals surface area (Å²) in [5, 5.41) is 5.34. The van der Waals surface area contributed by atoms with E-state index in [1.807, 2.05) is 13.8 Å². The molecular formula is C17H23FN2O3. The van der Waals surface area contributed by atoms with Gasteiger partial charge < -0.3 is 10.6 Å². The van der Waals surface area contributed by atoms with Gasteiger partial charge in [0.25, 0.3) is 0 Å². The van der Waals surface area contributed by atoms with Crippen molar-refractivity contribution in [2.45, 2.75) is 52.1 Å². The van der Waals surface area contributed by atoms with Crippen LogP contribution in [0.2, 0.25) is 0 Å². The third-order valence-corrected chi connectivity index (χ3v) is 3.52. The van der Waals surface area contributed by atoms with E-state index in [4.69, 9.17) is 0 Å². The zero-order chi connectivity index (χ0) is 17.4. The first-order valence-corrected chi connectivity index (χ1v) is 7.72. The normalized spacial score (nSPS) is 13.0. The molecule has 2 N–H and O–H groups in total. The first kappa shape index (κ1) is 18.8. The van der Waals surface area contributed by atoms with Crippen LogP contribution in [0.3, 0.4) is 0 Å². The maximum Gasteiger partial charge on any atom is 0.242 e. The smallest absolute Gasteiger partial charge is 0.242 e. The van der Waals surface area contributed by atoms with E-state index in [1.54, 1.807) is 6.92 Å². The van der Waals surface area contributed by atoms with Crippen LogP contribution in [0.15, 0.2) is 24.3 Å². The van der Waals surface area contributed by atoms with E-state index >= 15 is 0 Å². The van der Waals surface area contributed by atoms with Gasteiger partial charge in [0.1, 0.15) is 11.9 Å². The largest absolute Gasteiger partial charge is 0.352 e. The van der Waals surface area contributed by atoms with Gasteiger partial charge in [-0.15, -0.1) is 0 Å². The van der Waals surface area contributed by atoms with Crippen LogP contribution in [-0.2, 0) is 9.59 Å². The molecule has 0 radical (unpaired) electrons. The van der Waals surface area contributed by atoms with Crippen molar-refractivity contribution in [1.29, 1.82) is 0 Å². The third kappa shape index (κ3) is 6.59. The van der Waals surface area contributed by atoms with Crippen molar-refractivity contribution in [2.24, 2.45) is 0 Å². The molecule has 0 aliphatic rings. The Bertz CT molecular complexity index is 557. The molecule has 5 nitrogen and oxygen atoms in total. The lowest BCUT2D eigenvalue weighted by Gasteiger charge is -2.17. The zero-order valence-electron chi connectivity index (χ0n) is 13.7. The molecule has 0 aliphatic carbocycles. The van der Waals surface area contributed by atoms with E-state index in [-0.39, 0.29) is 36.5 Å². The van der Waals surface area contributed by atoms with E-state index in [0.29, 0.717) is 5.56 Å². The summed E-state index contributed by atoms with van der Waals surface area (Å²) in [7, 11) is 0. The fraction of sp³-hybridized carbons (Fsp3) is 0.471. The number of hydrogen-bond donors (Lipinski definition) is 2. The van der Waals surface area contributed by atoms with Crippen LogP contribution in [0.25, 0.3) is 0 Å². The molecule has 0 aromatic heterocycles. The average molecular weight is 322 g/mol. The number of Topliss-reactive ketones (excluding diaryl/α,β-unsaturated/α-hetero) is 1. The molecule has 1 aromatic carbocycles. The standard InChI is InChI=1S/C17H23FN2O3/c1-4-11(2)19-17(23)12(3)20-16(22)10-9-15(21)13-5-7-14(18)8-6-13/h5-8,11-12H,4,9-10H2,1-3H3,(H,19,23)(H,20,22)/t11-,12+/m0/s1. The van der Waals surface area contributed by atoms with Crippen molar-refractivity contribution in [1.82, 2.24) is 10.6 Å². The van der Waals surface area contributed by atoms with Gasteiger partial charge >= 0.3 is 0 Å². The van der Waals surface area contributed by atoms with Crippen LogP contribution in [0.4, 0.5) is 4.39 Å². The van der Waals surface area contributed by atoms with E-state index in [2.05, 4.69) is 10.6 Å². The van der Waals surface area contributed by atoms with Crippen molar-refractivity contribution in [3.05, 3.63) is 35.6 Å². The fourth-order valence-electron chi connectivity index (χ4n) is 1.86. The van der Waals surface area contributed by atoms with Crippen LogP contribution in [0.1, 0.15) is 50.4 Å². The van der Waals surface area contributed by atoms with Gasteiger partial charge in [-0.1, -0.05) is 6.92 Å². The molecule has 0 spiro atoms. The molecule has 0 heterocycles. The van der Waals surface area contributed by atoms with E-state index in [0.717, 1.165) is 6.42 Å². The monoisotopic (exact) mass is 322 g/mol. The Morgan fingerprint density at radius 1 is 1.04 bits per heavy atom. The van der Waals surface area contributed by atoms with Crippen LogP contribution in [0.5, 0.6) is 0 Å². The van der Waals surface area contributed by atoms with Gasteiger partial charge in [0.15, 0.2) is 5.78 Å². The molecule has 6 heteroatoms. The summed E-state index contributed by atoms with van der Waals surface area (Å²) in [6.45, 7) is 5.43. The summed E-state index contributed by atoms with van der Waals surface area (Å²) in [5.74, 6) is -1.28. The number of ketones is 1. The maximum absolute atomic E-state index is 12.8. The Morgan fingerprint density at radius 3 is 2.22 bits per heavy atom. The molecule has 0 aliphatic heterocycles. The molecule has 0 bridgehead atoms. The van der Waals surface area contributed by atoms with Crippen molar-refractivity contribution >= 4 is 17.6 Å². The molecule has 0 unspecified atom stereocenters. The Labute approximate surface area is 135 Å². The molecule has 0 fully saturated rings. The zero-order valence-corrected chi connectivity index (χ0v) is 13.7. The fourth-order valence-corrected chi connectivity index (χ4v) is 1.86. The number of halogens is 1. The van der Waals surface area contributed by atoms with Crippen molar-refractivity contribution in [3.63, 3.8) is 0 Å². The summed E-state index contributed by atoms with van der Waals surface area (Å²) >= 11 is 0. The Balaban J connectivity index is 2.40. The van der Waals surface area contributed by atoms with Gasteiger partial charge in [-0.2, -0.15) is 0 Å². The third-order valence-electron chi connectivity index (χ3n) is 3.52. The van der Waals surface area contributed by atoms with Gasteiger partial charge in [-0.25, -0.2) is 4.39 Å². The number of amides is 2. The lowest BCUT2D eigenvalue weighted by atomic mass is 10.1. The lowest BCUT2D eigenvalue weighted by molar-refractivity contribution is -0.128. The Kier molecular flexibility index (Phi) is 7.38. The quantitative estimate of drug-likeness (QED) is 0.721. The van der Waals surface area contributed by atoms with Crippen molar-refractivity contribution in [2.75, 3.05) is 0 Å². The first-order chi connectivity index (χ1) is 10.8. The SMILES string of the molecule is CC[C@H](C)NC(=O)[C@@H](C)NC(=O)CCC(=O)c1ccc(F)cc1. The van der Waals surface area contributed by atoms with E-state index in [9.17, 15) is 18.8 Å². The van der Waals surface area contributed by atoms with Crippen LogP contribution in [0, 0.1) is 5.82 Å². The average Bonchev–Trinajstić information content (AvgIpc) is 2.52. The predicted molar refractivity (Wildman–Crippen MR) is 85.5 cm³/mol. The van der Waals surface area contributed by atoms with Crippen LogP contribution >= 0.6 is 0 Å². The summed E-state index contributed by atoms with van der Waals surface area (Å²) in [6, 6.07) is 4.57. The number of carbonyl (C=O) groups excluding carboxylic acids is 3. The number of nitrogens with one attached hydrogen (secondary N) is 2. The molecule has 0 saturated heterocycles. The van der Waals surface area contributed by atoms with Gasteiger partial charge in [-0.05, 0) is 44.5 Å². The minimum Gasteiger partial charge on any atom is -0.352 e. The predicted octanol–water partition coefficient (Wildman–Crippen LogP) is 2.21.